The maximum Gasteiger partial charge on any atom is 0.256 e. The van der Waals surface area contributed by atoms with Crippen LogP contribution in [-0.4, -0.2) is 35.6 Å². The van der Waals surface area contributed by atoms with Gasteiger partial charge in [0.15, 0.2) is 0 Å². The molecule has 0 aromatic rings. The summed E-state index contributed by atoms with van der Waals surface area (Å²) in [6.07, 6.45) is 0. The first kappa shape index (κ1) is 12.2. The van der Waals surface area contributed by atoms with Crippen LogP contribution in [0.2, 0.25) is 0 Å². The maximum absolute atomic E-state index is 9.16. The minimum atomic E-state index is -0.860. The van der Waals surface area contributed by atoms with E-state index < -0.39 is 5.41 Å². The molecule has 4 nitrogen and oxygen atoms in total. The average molecular weight is 205 g/mol. The lowest BCUT2D eigenvalue weighted by molar-refractivity contribution is 0.0701. The lowest BCUT2D eigenvalue weighted by atomic mass is 9.91. The molecule has 0 aromatic heterocycles. The number of hydrogen-bond donors (Lipinski definition) is 3. The smallest absolute Gasteiger partial charge is 0.256 e. The first-order valence-corrected chi connectivity index (χ1v) is 4.21. The van der Waals surface area contributed by atoms with Gasteiger partial charge >= 0.3 is 0 Å². The molecule has 0 heterocycles. The van der Waals surface area contributed by atoms with Crippen molar-refractivity contribution < 1.29 is 14.9 Å². The number of nitrogens with one attached hydrogen (secondary N) is 1. The van der Waals surface area contributed by atoms with E-state index in [4.69, 9.17) is 27.2 Å². The van der Waals surface area contributed by atoms with Crippen molar-refractivity contribution in [2.75, 3.05) is 20.3 Å². The molecule has 1 atom stereocenters. The van der Waals surface area contributed by atoms with E-state index in [1.165, 1.54) is 0 Å². The standard InChI is InChI=1S/C8H15NO3S/c1-6(11)8(2,4-10)5-12-7(13)9-3/h10-11H,1,4-5H2,2-3H3,(H,9,13). The molecule has 0 saturated heterocycles. The minimum absolute atomic E-state index is 0.0957. The van der Waals surface area contributed by atoms with Gasteiger partial charge in [-0.3, -0.25) is 0 Å². The molecule has 0 spiro atoms. The Morgan fingerprint density at radius 1 is 1.69 bits per heavy atom. The van der Waals surface area contributed by atoms with Crippen LogP contribution in [0.15, 0.2) is 12.3 Å². The highest BCUT2D eigenvalue weighted by molar-refractivity contribution is 7.80. The molecule has 0 amide bonds. The number of aliphatic hydroxyl groups excluding tert-OH is 2. The summed E-state index contributed by atoms with van der Waals surface area (Å²) in [5, 5.41) is 21.0. The van der Waals surface area contributed by atoms with Gasteiger partial charge in [0.2, 0.25) is 0 Å². The topological polar surface area (TPSA) is 61.7 Å². The van der Waals surface area contributed by atoms with Crippen molar-refractivity contribution in [1.82, 2.24) is 5.32 Å². The van der Waals surface area contributed by atoms with Gasteiger partial charge in [-0.1, -0.05) is 6.58 Å². The van der Waals surface area contributed by atoms with E-state index in [2.05, 4.69) is 11.9 Å². The zero-order chi connectivity index (χ0) is 10.5. The molecule has 3 N–H and O–H groups in total. The highest BCUT2D eigenvalue weighted by atomic mass is 32.1. The maximum atomic E-state index is 9.16. The van der Waals surface area contributed by atoms with Crippen molar-refractivity contribution in [3.63, 3.8) is 0 Å². The third-order valence-electron chi connectivity index (χ3n) is 1.77. The summed E-state index contributed by atoms with van der Waals surface area (Å²) in [5.41, 5.74) is -0.860. The SMILES string of the molecule is C=C(O)C(C)(CO)COC(=S)NC. The zero-order valence-electron chi connectivity index (χ0n) is 7.83. The van der Waals surface area contributed by atoms with Crippen LogP contribution in [0.5, 0.6) is 0 Å². The molecule has 0 bridgehead atoms. The monoisotopic (exact) mass is 205 g/mol. The Kier molecular flexibility index (Phi) is 4.72. The van der Waals surface area contributed by atoms with Crippen LogP contribution in [-0.2, 0) is 4.74 Å². The fourth-order valence-corrected chi connectivity index (χ4v) is 0.576. The Balaban J connectivity index is 4.13. The average Bonchev–Trinajstić information content (AvgIpc) is 2.13. The van der Waals surface area contributed by atoms with Crippen LogP contribution in [0.25, 0.3) is 0 Å². The Labute approximate surface area is 83.2 Å². The highest BCUT2D eigenvalue weighted by Crippen LogP contribution is 2.22. The van der Waals surface area contributed by atoms with Crippen molar-refractivity contribution in [2.45, 2.75) is 6.92 Å². The predicted molar refractivity (Wildman–Crippen MR) is 54.6 cm³/mol. The van der Waals surface area contributed by atoms with Gasteiger partial charge in [-0.2, -0.15) is 0 Å². The van der Waals surface area contributed by atoms with Gasteiger partial charge in [0.25, 0.3) is 5.17 Å². The first-order chi connectivity index (χ1) is 5.96. The van der Waals surface area contributed by atoms with Crippen molar-refractivity contribution >= 4 is 17.4 Å². The van der Waals surface area contributed by atoms with Gasteiger partial charge in [0, 0.05) is 7.05 Å². The van der Waals surface area contributed by atoms with E-state index in [1.54, 1.807) is 14.0 Å². The molecule has 0 radical (unpaired) electrons. The fourth-order valence-electron chi connectivity index (χ4n) is 0.517. The van der Waals surface area contributed by atoms with E-state index in [0.29, 0.717) is 0 Å². The lowest BCUT2D eigenvalue weighted by Gasteiger charge is -2.25. The molecule has 13 heavy (non-hydrogen) atoms. The Morgan fingerprint density at radius 2 is 2.23 bits per heavy atom. The quantitative estimate of drug-likeness (QED) is 0.463. The predicted octanol–water partition coefficient (Wildman–Crippen LogP) is 0.578. The highest BCUT2D eigenvalue weighted by Gasteiger charge is 2.28. The van der Waals surface area contributed by atoms with Crippen molar-refractivity contribution in [1.29, 1.82) is 0 Å². The molecule has 0 aromatic carbocycles. The number of aliphatic hydroxyl groups is 2. The number of thiocarbonyl (C=S) groups is 1. The molecule has 0 saturated carbocycles. The molecule has 0 aliphatic carbocycles. The van der Waals surface area contributed by atoms with Crippen LogP contribution in [0.3, 0.4) is 0 Å². The van der Waals surface area contributed by atoms with Gasteiger partial charge in [0.1, 0.15) is 6.61 Å². The number of rotatable bonds is 4. The van der Waals surface area contributed by atoms with E-state index in [9.17, 15) is 0 Å². The third-order valence-corrected chi connectivity index (χ3v) is 2.09. The summed E-state index contributed by atoms with van der Waals surface area (Å²) < 4.78 is 5.05. The van der Waals surface area contributed by atoms with E-state index >= 15 is 0 Å². The van der Waals surface area contributed by atoms with Crippen LogP contribution < -0.4 is 5.32 Å². The second kappa shape index (κ2) is 5.04. The normalized spacial score (nSPS) is 14.4. The van der Waals surface area contributed by atoms with Crippen molar-refractivity contribution in [2.24, 2.45) is 5.41 Å². The summed E-state index contributed by atoms with van der Waals surface area (Å²) in [6.45, 7) is 4.84. The molecule has 0 fully saturated rings. The minimum Gasteiger partial charge on any atom is -0.512 e. The summed E-state index contributed by atoms with van der Waals surface area (Å²) in [5.74, 6) is -0.117. The van der Waals surface area contributed by atoms with E-state index in [0.717, 1.165) is 0 Å². The molecule has 0 aliphatic rings. The molecule has 76 valence electrons. The molecular formula is C8H15NO3S. The summed E-state index contributed by atoms with van der Waals surface area (Å²) in [6, 6.07) is 0. The molecule has 1 unspecified atom stereocenters. The molecular weight excluding hydrogens is 190 g/mol. The van der Waals surface area contributed by atoms with Gasteiger partial charge in [-0.25, -0.2) is 0 Å². The number of hydrogen-bond acceptors (Lipinski definition) is 4. The largest absolute Gasteiger partial charge is 0.512 e. The Morgan fingerprint density at radius 3 is 2.54 bits per heavy atom. The van der Waals surface area contributed by atoms with Gasteiger partial charge in [-0.15, -0.1) is 0 Å². The van der Waals surface area contributed by atoms with Crippen LogP contribution in [0.4, 0.5) is 0 Å². The van der Waals surface area contributed by atoms with Gasteiger partial charge in [0.05, 0.1) is 17.8 Å². The van der Waals surface area contributed by atoms with Crippen molar-refractivity contribution in [3.8, 4) is 0 Å². The summed E-state index contributed by atoms with van der Waals surface area (Å²) >= 11 is 4.73. The molecule has 0 aliphatic heterocycles. The summed E-state index contributed by atoms with van der Waals surface area (Å²) in [4.78, 5) is 0. The van der Waals surface area contributed by atoms with Crippen molar-refractivity contribution in [3.05, 3.63) is 12.3 Å². The van der Waals surface area contributed by atoms with Gasteiger partial charge < -0.3 is 20.3 Å². The van der Waals surface area contributed by atoms with Crippen LogP contribution in [0, 0.1) is 5.41 Å². The molecule has 5 heteroatoms. The Bertz CT molecular complexity index is 208. The Hall–Kier alpha value is -0.810. The van der Waals surface area contributed by atoms with Crippen LogP contribution in [0.1, 0.15) is 6.92 Å². The van der Waals surface area contributed by atoms with Gasteiger partial charge in [-0.05, 0) is 19.1 Å². The van der Waals surface area contributed by atoms with E-state index in [1.807, 2.05) is 0 Å². The summed E-state index contributed by atoms with van der Waals surface area (Å²) in [7, 11) is 1.63. The van der Waals surface area contributed by atoms with Crippen LogP contribution >= 0.6 is 12.2 Å². The fraction of sp³-hybridized carbons (Fsp3) is 0.625. The third kappa shape index (κ3) is 3.61. The second-order valence-corrected chi connectivity index (χ2v) is 3.36. The number of ether oxygens (including phenoxy) is 1. The lowest BCUT2D eigenvalue weighted by Crippen LogP contribution is -2.33. The molecule has 0 rings (SSSR count). The second-order valence-electron chi connectivity index (χ2n) is 2.99. The van der Waals surface area contributed by atoms with E-state index in [-0.39, 0.29) is 24.1 Å². The zero-order valence-corrected chi connectivity index (χ0v) is 8.65. The first-order valence-electron chi connectivity index (χ1n) is 3.80.